The number of nitro groups is 1. The van der Waals surface area contributed by atoms with Crippen LogP contribution in [0.25, 0.3) is 6.08 Å². The molecule has 1 unspecified atom stereocenters. The number of imide groups is 1. The molecule has 3 aliphatic heterocycles. The Kier molecular flexibility index (Phi) is 6.56. The van der Waals surface area contributed by atoms with E-state index >= 15 is 0 Å². The van der Waals surface area contributed by atoms with Gasteiger partial charge in [-0.3, -0.25) is 24.5 Å². The summed E-state index contributed by atoms with van der Waals surface area (Å²) < 4.78 is 6.52. The van der Waals surface area contributed by atoms with E-state index in [4.69, 9.17) is 9.57 Å². The van der Waals surface area contributed by atoms with Crippen LogP contribution in [0.4, 0.5) is 17.1 Å². The minimum atomic E-state index is -0.903. The first kappa shape index (κ1) is 26.9. The number of fused-ring (bicyclic) bond motifs is 2. The van der Waals surface area contributed by atoms with Crippen molar-refractivity contribution in [3.8, 4) is 5.75 Å². The van der Waals surface area contributed by atoms with Crippen molar-refractivity contribution in [2.24, 2.45) is 0 Å². The SMILES string of the molecule is CN1c2ccc(NC(=O)CCCC(=O)ON3C(=O)CCC3=O)cc2C(C)(C)C12C=Cc1cc([N+](=O)[O-])ccc1O2. The number of ether oxygens (including phenoxy) is 1. The highest BCUT2D eigenvalue weighted by Crippen LogP contribution is 2.54. The summed E-state index contributed by atoms with van der Waals surface area (Å²) in [6, 6.07) is 10.1. The molecule has 0 radical (unpaired) electrons. The van der Waals surface area contributed by atoms with E-state index in [0.29, 0.717) is 22.1 Å². The van der Waals surface area contributed by atoms with Crippen LogP contribution in [-0.4, -0.2) is 46.5 Å². The number of hydrogen-bond donors (Lipinski definition) is 1. The first-order valence-corrected chi connectivity index (χ1v) is 12.8. The average molecular weight is 549 g/mol. The molecule has 1 N–H and O–H groups in total. The number of hydroxylamine groups is 2. The van der Waals surface area contributed by atoms with Gasteiger partial charge >= 0.3 is 5.97 Å². The summed E-state index contributed by atoms with van der Waals surface area (Å²) >= 11 is 0. The van der Waals surface area contributed by atoms with Crippen LogP contribution in [0.3, 0.4) is 0 Å². The van der Waals surface area contributed by atoms with E-state index in [1.165, 1.54) is 12.1 Å². The van der Waals surface area contributed by atoms with Gasteiger partial charge in [0.1, 0.15) is 5.75 Å². The lowest BCUT2D eigenvalue weighted by Crippen LogP contribution is -2.58. The molecule has 3 heterocycles. The lowest BCUT2D eigenvalue weighted by Gasteiger charge is -2.45. The van der Waals surface area contributed by atoms with Gasteiger partial charge in [-0.15, -0.1) is 5.06 Å². The molecule has 2 aromatic rings. The number of carbonyl (C=O) groups excluding carboxylic acids is 4. The number of carbonyl (C=O) groups is 4. The predicted molar refractivity (Wildman–Crippen MR) is 143 cm³/mol. The van der Waals surface area contributed by atoms with Gasteiger partial charge in [-0.2, -0.15) is 0 Å². The van der Waals surface area contributed by atoms with Gasteiger partial charge < -0.3 is 19.8 Å². The first-order chi connectivity index (χ1) is 18.9. The van der Waals surface area contributed by atoms with Crippen LogP contribution in [0.5, 0.6) is 5.75 Å². The van der Waals surface area contributed by atoms with Crippen LogP contribution in [0, 0.1) is 10.1 Å². The fraction of sp³-hybridized carbons (Fsp3) is 0.357. The van der Waals surface area contributed by atoms with Crippen molar-refractivity contribution in [2.45, 2.75) is 57.1 Å². The maximum atomic E-state index is 12.6. The molecular weight excluding hydrogens is 520 g/mol. The van der Waals surface area contributed by atoms with Gasteiger partial charge in [0.2, 0.25) is 11.6 Å². The molecule has 2 aromatic carbocycles. The third-order valence-corrected chi connectivity index (χ3v) is 7.65. The second kappa shape index (κ2) is 9.78. The van der Waals surface area contributed by atoms with E-state index in [1.807, 2.05) is 50.1 Å². The highest BCUT2D eigenvalue weighted by atomic mass is 16.7. The van der Waals surface area contributed by atoms with Crippen molar-refractivity contribution in [3.63, 3.8) is 0 Å². The van der Waals surface area contributed by atoms with Crippen LogP contribution < -0.4 is 15.0 Å². The Morgan fingerprint density at radius 3 is 2.52 bits per heavy atom. The lowest BCUT2D eigenvalue weighted by atomic mass is 9.76. The minimum Gasteiger partial charge on any atom is -0.463 e. The number of benzene rings is 2. The Morgan fingerprint density at radius 1 is 1.10 bits per heavy atom. The molecule has 3 aliphatic rings. The monoisotopic (exact) mass is 548 g/mol. The lowest BCUT2D eigenvalue weighted by molar-refractivity contribution is -0.384. The summed E-state index contributed by atoms with van der Waals surface area (Å²) in [6.07, 6.45) is 3.87. The Labute approximate surface area is 229 Å². The van der Waals surface area contributed by atoms with Gasteiger partial charge in [0.25, 0.3) is 17.5 Å². The molecule has 0 aromatic heterocycles. The van der Waals surface area contributed by atoms with Gasteiger partial charge in [-0.25, -0.2) is 4.79 Å². The average Bonchev–Trinajstić information content (AvgIpc) is 3.30. The fourth-order valence-electron chi connectivity index (χ4n) is 5.41. The molecule has 0 aliphatic carbocycles. The van der Waals surface area contributed by atoms with Gasteiger partial charge in [0.05, 0.1) is 10.3 Å². The van der Waals surface area contributed by atoms with E-state index in [9.17, 15) is 29.3 Å². The number of nitrogens with zero attached hydrogens (tertiary/aromatic N) is 3. The van der Waals surface area contributed by atoms with E-state index in [2.05, 4.69) is 5.32 Å². The van der Waals surface area contributed by atoms with Crippen LogP contribution in [0.2, 0.25) is 0 Å². The number of rotatable bonds is 7. The van der Waals surface area contributed by atoms with Crippen LogP contribution in [0.15, 0.2) is 42.5 Å². The van der Waals surface area contributed by atoms with Crippen molar-refractivity contribution in [1.29, 1.82) is 0 Å². The smallest absolute Gasteiger partial charge is 0.333 e. The molecule has 0 saturated carbocycles. The highest BCUT2D eigenvalue weighted by molar-refractivity contribution is 6.01. The molecule has 1 atom stereocenters. The van der Waals surface area contributed by atoms with Crippen molar-refractivity contribution in [3.05, 3.63) is 63.7 Å². The standard InChI is InChI=1S/C28H28N4O8/c1-27(2)20-16-18(29-23(33)5-4-6-26(36)40-31-24(34)11-12-25(31)35)7-9-21(20)30(3)28(27)14-13-17-15-19(32(37)38)8-10-22(17)39-28/h7-10,13-16H,4-6,11-12H2,1-3H3,(H,29,33). The second-order valence-corrected chi connectivity index (χ2v) is 10.5. The summed E-state index contributed by atoms with van der Waals surface area (Å²) in [6.45, 7) is 4.06. The molecule has 12 heteroatoms. The summed E-state index contributed by atoms with van der Waals surface area (Å²) in [5.74, 6) is -1.62. The first-order valence-electron chi connectivity index (χ1n) is 12.8. The number of nitrogens with one attached hydrogen (secondary N) is 1. The zero-order valence-corrected chi connectivity index (χ0v) is 22.3. The van der Waals surface area contributed by atoms with Crippen LogP contribution >= 0.6 is 0 Å². The normalized spacial score (nSPS) is 20.3. The number of amides is 3. The maximum Gasteiger partial charge on any atom is 0.333 e. The van der Waals surface area contributed by atoms with E-state index in [-0.39, 0.29) is 43.7 Å². The van der Waals surface area contributed by atoms with E-state index in [0.717, 1.165) is 11.3 Å². The molecular formula is C28H28N4O8. The number of nitro benzene ring substituents is 1. The van der Waals surface area contributed by atoms with Crippen molar-refractivity contribution < 1.29 is 33.7 Å². The van der Waals surface area contributed by atoms with Crippen LogP contribution in [0.1, 0.15) is 57.1 Å². The number of non-ortho nitro benzene ring substituents is 1. The minimum absolute atomic E-state index is 0.0145. The van der Waals surface area contributed by atoms with Gasteiger partial charge in [-0.05, 0) is 62.2 Å². The largest absolute Gasteiger partial charge is 0.463 e. The number of likely N-dealkylation sites (N-methyl/N-ethyl adjacent to an activating group) is 1. The fourth-order valence-corrected chi connectivity index (χ4v) is 5.41. The summed E-state index contributed by atoms with van der Waals surface area (Å²) in [4.78, 5) is 65.3. The van der Waals surface area contributed by atoms with Gasteiger partial charge in [-0.1, -0.05) is 0 Å². The number of hydrogen-bond acceptors (Lipinski definition) is 9. The Bertz CT molecular complexity index is 1470. The molecule has 1 saturated heterocycles. The third kappa shape index (κ3) is 4.44. The van der Waals surface area contributed by atoms with Crippen LogP contribution in [-0.2, 0) is 29.4 Å². The Morgan fingerprint density at radius 2 is 1.82 bits per heavy atom. The summed E-state index contributed by atoms with van der Waals surface area (Å²) in [5, 5.41) is 14.5. The van der Waals surface area contributed by atoms with Crippen molar-refractivity contribution in [2.75, 3.05) is 17.3 Å². The van der Waals surface area contributed by atoms with E-state index in [1.54, 1.807) is 12.1 Å². The second-order valence-electron chi connectivity index (χ2n) is 10.5. The molecule has 208 valence electrons. The molecule has 12 nitrogen and oxygen atoms in total. The Hall–Kier alpha value is -4.74. The third-order valence-electron chi connectivity index (χ3n) is 7.65. The summed E-state index contributed by atoms with van der Waals surface area (Å²) in [5.41, 5.74) is 1.54. The quantitative estimate of drug-likeness (QED) is 0.309. The van der Waals surface area contributed by atoms with Gasteiger partial charge in [0.15, 0.2) is 0 Å². The molecule has 3 amide bonds. The molecule has 1 spiro atoms. The van der Waals surface area contributed by atoms with E-state index < -0.39 is 33.8 Å². The molecule has 40 heavy (non-hydrogen) atoms. The zero-order valence-electron chi connectivity index (χ0n) is 22.3. The highest BCUT2D eigenvalue weighted by Gasteiger charge is 2.57. The topological polar surface area (TPSA) is 148 Å². The van der Waals surface area contributed by atoms with Crippen molar-refractivity contribution >= 4 is 46.8 Å². The van der Waals surface area contributed by atoms with Gasteiger partial charge in [0, 0.05) is 61.8 Å². The predicted octanol–water partition coefficient (Wildman–Crippen LogP) is 3.84. The molecule has 1 fully saturated rings. The molecule has 0 bridgehead atoms. The maximum absolute atomic E-state index is 12.6. The number of anilines is 2. The zero-order chi connectivity index (χ0) is 28.8. The summed E-state index contributed by atoms with van der Waals surface area (Å²) in [7, 11) is 1.91. The molecule has 5 rings (SSSR count). The van der Waals surface area contributed by atoms with Crippen molar-refractivity contribution in [1.82, 2.24) is 5.06 Å². The Balaban J connectivity index is 1.24.